The third kappa shape index (κ3) is 1.53. The van der Waals surface area contributed by atoms with Crippen molar-refractivity contribution in [1.82, 2.24) is 0 Å². The summed E-state index contributed by atoms with van der Waals surface area (Å²) in [7, 11) is 0. The third-order valence-electron chi connectivity index (χ3n) is 3.43. The lowest BCUT2D eigenvalue weighted by Gasteiger charge is -2.35. The van der Waals surface area contributed by atoms with E-state index < -0.39 is 0 Å². The van der Waals surface area contributed by atoms with Crippen molar-refractivity contribution < 1.29 is 0 Å². The van der Waals surface area contributed by atoms with Gasteiger partial charge < -0.3 is 0 Å². The third-order valence-corrected chi connectivity index (χ3v) is 3.43. The summed E-state index contributed by atoms with van der Waals surface area (Å²) in [5.41, 5.74) is 0. The molecule has 0 aromatic rings. The first-order chi connectivity index (χ1) is 4.61. The van der Waals surface area contributed by atoms with E-state index in [4.69, 9.17) is 0 Å². The molecule has 0 heterocycles. The summed E-state index contributed by atoms with van der Waals surface area (Å²) in [5, 5.41) is 0. The molecule has 1 aliphatic carbocycles. The fourth-order valence-corrected chi connectivity index (χ4v) is 2.10. The average Bonchev–Trinajstić information content (AvgIpc) is 1.84. The Morgan fingerprint density at radius 2 is 0.800 bits per heavy atom. The van der Waals surface area contributed by atoms with E-state index >= 15 is 0 Å². The lowest BCUT2D eigenvalue weighted by Crippen LogP contribution is -2.25. The molecule has 0 nitrogen and oxygen atoms in total. The molecule has 1 aliphatic rings. The monoisotopic (exact) mass is 140 g/mol. The Morgan fingerprint density at radius 3 is 1.00 bits per heavy atom. The molecule has 0 unspecified atom stereocenters. The Bertz CT molecular complexity index is 80.6. The largest absolute Gasteiger partial charge is 0.0622 e. The lowest BCUT2D eigenvalue weighted by atomic mass is 9.71. The SMILES string of the molecule is C[C@@H]1C[C@@H](C)[C@@H](C)C[C@H]1C. The first-order valence-corrected chi connectivity index (χ1v) is 4.61. The van der Waals surface area contributed by atoms with Crippen LogP contribution in [0.15, 0.2) is 0 Å². The second-order valence-electron chi connectivity index (χ2n) is 4.38. The van der Waals surface area contributed by atoms with Gasteiger partial charge in [0.1, 0.15) is 0 Å². The van der Waals surface area contributed by atoms with Crippen LogP contribution in [0.5, 0.6) is 0 Å². The van der Waals surface area contributed by atoms with Gasteiger partial charge in [0.15, 0.2) is 0 Å². The van der Waals surface area contributed by atoms with Crippen LogP contribution in [0.2, 0.25) is 0 Å². The van der Waals surface area contributed by atoms with Crippen LogP contribution in [0.25, 0.3) is 0 Å². The lowest BCUT2D eigenvalue weighted by molar-refractivity contribution is 0.157. The summed E-state index contributed by atoms with van der Waals surface area (Å²) in [6.07, 6.45) is 2.89. The average molecular weight is 140 g/mol. The van der Waals surface area contributed by atoms with Gasteiger partial charge in [-0.25, -0.2) is 0 Å². The summed E-state index contributed by atoms with van der Waals surface area (Å²) in [5.74, 6) is 3.86. The standard InChI is InChI=1S/C10H20/c1-7-5-9(3)10(4)6-8(7)2/h7-10H,5-6H2,1-4H3/t7-,8-,9-,10+/m1/s1. The molecule has 1 fully saturated rings. The van der Waals surface area contributed by atoms with Gasteiger partial charge in [0, 0.05) is 0 Å². The Kier molecular flexibility index (Phi) is 2.38. The predicted octanol–water partition coefficient (Wildman–Crippen LogP) is 3.32. The van der Waals surface area contributed by atoms with E-state index in [0.717, 1.165) is 23.7 Å². The minimum absolute atomic E-state index is 0.964. The fourth-order valence-electron chi connectivity index (χ4n) is 2.10. The molecule has 0 N–H and O–H groups in total. The van der Waals surface area contributed by atoms with Gasteiger partial charge in [-0.1, -0.05) is 27.7 Å². The first-order valence-electron chi connectivity index (χ1n) is 4.61. The van der Waals surface area contributed by atoms with E-state index in [1.807, 2.05) is 0 Å². The topological polar surface area (TPSA) is 0 Å². The molecular weight excluding hydrogens is 120 g/mol. The van der Waals surface area contributed by atoms with Gasteiger partial charge in [0.05, 0.1) is 0 Å². The molecule has 1 saturated carbocycles. The van der Waals surface area contributed by atoms with Gasteiger partial charge in [-0.3, -0.25) is 0 Å². The van der Waals surface area contributed by atoms with Crippen molar-refractivity contribution >= 4 is 0 Å². The molecule has 0 radical (unpaired) electrons. The van der Waals surface area contributed by atoms with Gasteiger partial charge in [-0.05, 0) is 36.5 Å². The van der Waals surface area contributed by atoms with Gasteiger partial charge >= 0.3 is 0 Å². The Hall–Kier alpha value is 0. The van der Waals surface area contributed by atoms with Crippen LogP contribution in [-0.2, 0) is 0 Å². The van der Waals surface area contributed by atoms with Crippen LogP contribution < -0.4 is 0 Å². The van der Waals surface area contributed by atoms with Crippen molar-refractivity contribution in [3.63, 3.8) is 0 Å². The van der Waals surface area contributed by atoms with E-state index in [1.54, 1.807) is 0 Å². The van der Waals surface area contributed by atoms with E-state index in [1.165, 1.54) is 12.8 Å². The van der Waals surface area contributed by atoms with Crippen LogP contribution in [0.4, 0.5) is 0 Å². The normalized spacial score (nSPS) is 49.2. The molecule has 0 aromatic carbocycles. The molecule has 0 aliphatic heterocycles. The Morgan fingerprint density at radius 1 is 0.600 bits per heavy atom. The Labute approximate surface area is 65.0 Å². The Balaban J connectivity index is 2.46. The highest BCUT2D eigenvalue weighted by Gasteiger charge is 2.26. The van der Waals surface area contributed by atoms with Crippen LogP contribution in [0.3, 0.4) is 0 Å². The van der Waals surface area contributed by atoms with Crippen LogP contribution >= 0.6 is 0 Å². The van der Waals surface area contributed by atoms with Gasteiger partial charge in [-0.2, -0.15) is 0 Å². The summed E-state index contributed by atoms with van der Waals surface area (Å²) in [6.45, 7) is 9.58. The molecular formula is C10H20. The maximum Gasteiger partial charge on any atom is -0.0414 e. The zero-order valence-corrected chi connectivity index (χ0v) is 7.72. The summed E-state index contributed by atoms with van der Waals surface area (Å²) in [4.78, 5) is 0. The van der Waals surface area contributed by atoms with Gasteiger partial charge in [0.2, 0.25) is 0 Å². The molecule has 0 heteroatoms. The summed E-state index contributed by atoms with van der Waals surface area (Å²) >= 11 is 0. The van der Waals surface area contributed by atoms with E-state index in [2.05, 4.69) is 27.7 Å². The maximum atomic E-state index is 2.40. The highest BCUT2D eigenvalue weighted by Crippen LogP contribution is 2.36. The molecule has 0 amide bonds. The maximum absolute atomic E-state index is 2.40. The molecule has 0 aromatic heterocycles. The van der Waals surface area contributed by atoms with Crippen molar-refractivity contribution in [2.45, 2.75) is 40.5 Å². The van der Waals surface area contributed by atoms with Crippen LogP contribution in [-0.4, -0.2) is 0 Å². The van der Waals surface area contributed by atoms with Crippen molar-refractivity contribution in [2.75, 3.05) is 0 Å². The van der Waals surface area contributed by atoms with Crippen LogP contribution in [0.1, 0.15) is 40.5 Å². The number of hydrogen-bond acceptors (Lipinski definition) is 0. The number of rotatable bonds is 0. The zero-order valence-electron chi connectivity index (χ0n) is 7.72. The molecule has 0 saturated heterocycles. The predicted molar refractivity (Wildman–Crippen MR) is 45.9 cm³/mol. The highest BCUT2D eigenvalue weighted by atomic mass is 14.3. The van der Waals surface area contributed by atoms with Crippen molar-refractivity contribution in [3.05, 3.63) is 0 Å². The van der Waals surface area contributed by atoms with Gasteiger partial charge in [-0.15, -0.1) is 0 Å². The fraction of sp³-hybridized carbons (Fsp3) is 1.00. The second kappa shape index (κ2) is 2.94. The highest BCUT2D eigenvalue weighted by molar-refractivity contribution is 4.77. The van der Waals surface area contributed by atoms with Crippen LogP contribution in [0, 0.1) is 23.7 Å². The number of hydrogen-bond donors (Lipinski definition) is 0. The van der Waals surface area contributed by atoms with Crippen molar-refractivity contribution in [1.29, 1.82) is 0 Å². The molecule has 1 rings (SSSR count). The van der Waals surface area contributed by atoms with E-state index in [0.29, 0.717) is 0 Å². The molecule has 0 bridgehead atoms. The quantitative estimate of drug-likeness (QED) is 0.484. The van der Waals surface area contributed by atoms with Gasteiger partial charge in [0.25, 0.3) is 0 Å². The van der Waals surface area contributed by atoms with E-state index in [-0.39, 0.29) is 0 Å². The van der Waals surface area contributed by atoms with E-state index in [9.17, 15) is 0 Å². The summed E-state index contributed by atoms with van der Waals surface area (Å²) < 4.78 is 0. The molecule has 60 valence electrons. The summed E-state index contributed by atoms with van der Waals surface area (Å²) in [6, 6.07) is 0. The molecule has 10 heavy (non-hydrogen) atoms. The minimum atomic E-state index is 0.964. The molecule has 4 atom stereocenters. The minimum Gasteiger partial charge on any atom is -0.0622 e. The van der Waals surface area contributed by atoms with Crippen molar-refractivity contribution in [3.8, 4) is 0 Å². The first kappa shape index (κ1) is 8.10. The second-order valence-corrected chi connectivity index (χ2v) is 4.38. The zero-order chi connectivity index (χ0) is 7.72. The van der Waals surface area contributed by atoms with Crippen molar-refractivity contribution in [2.24, 2.45) is 23.7 Å². The molecule has 0 spiro atoms. The smallest absolute Gasteiger partial charge is 0.0414 e.